The smallest absolute Gasteiger partial charge is 0.327 e. The third-order valence-electron chi connectivity index (χ3n) is 1.63. The monoisotopic (exact) mass is 162 g/mol. The Hall–Kier alpha value is 0.0200. The van der Waals surface area contributed by atoms with Crippen molar-refractivity contribution in [1.82, 2.24) is 0 Å². The van der Waals surface area contributed by atoms with Gasteiger partial charge in [-0.1, -0.05) is 0 Å². The van der Waals surface area contributed by atoms with Gasteiger partial charge in [0.1, 0.15) is 0 Å². The molecule has 4 heteroatoms. The Balaban J connectivity index is 2.12. The number of rotatable bonds is 3. The van der Waals surface area contributed by atoms with Crippen LogP contribution in [-0.4, -0.2) is 18.8 Å². The number of hydrogen-bond acceptors (Lipinski definition) is 3. The van der Waals surface area contributed by atoms with E-state index in [2.05, 4.69) is 4.52 Å². The molecular formula is C6H11O3P. The summed E-state index contributed by atoms with van der Waals surface area (Å²) in [5.41, 5.74) is 0. The van der Waals surface area contributed by atoms with E-state index in [0.29, 0.717) is 12.7 Å². The fraction of sp³-hybridized carbons (Fsp3) is 1.00. The second-order valence-corrected chi connectivity index (χ2v) is 2.92. The summed E-state index contributed by atoms with van der Waals surface area (Å²) in [6, 6.07) is 0. The van der Waals surface area contributed by atoms with Crippen molar-refractivity contribution in [3.63, 3.8) is 0 Å². The lowest BCUT2D eigenvalue weighted by Gasteiger charge is -2.07. The van der Waals surface area contributed by atoms with Crippen LogP contribution in [0.3, 0.4) is 0 Å². The van der Waals surface area contributed by atoms with E-state index in [4.69, 9.17) is 4.74 Å². The first-order valence-electron chi connectivity index (χ1n) is 3.43. The molecule has 0 amide bonds. The van der Waals surface area contributed by atoms with Crippen LogP contribution in [0.4, 0.5) is 0 Å². The molecule has 1 aliphatic rings. The molecule has 1 rings (SSSR count). The van der Waals surface area contributed by atoms with Gasteiger partial charge in [0.2, 0.25) is 0 Å². The molecule has 0 bridgehead atoms. The van der Waals surface area contributed by atoms with Gasteiger partial charge in [0.05, 0.1) is 18.8 Å². The van der Waals surface area contributed by atoms with Gasteiger partial charge < -0.3 is 4.74 Å². The van der Waals surface area contributed by atoms with Crippen LogP contribution in [0, 0.1) is 0 Å². The lowest BCUT2D eigenvalue weighted by atomic mass is 10.2. The molecule has 1 heterocycles. The van der Waals surface area contributed by atoms with Crippen molar-refractivity contribution >= 4 is 8.69 Å². The molecule has 10 heavy (non-hydrogen) atoms. The van der Waals surface area contributed by atoms with E-state index < -0.39 is 0 Å². The van der Waals surface area contributed by atoms with Crippen molar-refractivity contribution in [1.29, 1.82) is 0 Å². The molecular weight excluding hydrogens is 151 g/mol. The zero-order valence-corrected chi connectivity index (χ0v) is 6.84. The van der Waals surface area contributed by atoms with E-state index in [0.717, 1.165) is 12.8 Å². The second kappa shape index (κ2) is 4.02. The van der Waals surface area contributed by atoms with Crippen molar-refractivity contribution in [2.24, 2.45) is 0 Å². The number of hydrogen-bond donors (Lipinski definition) is 0. The van der Waals surface area contributed by atoms with Crippen LogP contribution in [0.15, 0.2) is 0 Å². The second-order valence-electron chi connectivity index (χ2n) is 2.52. The van der Waals surface area contributed by atoms with Gasteiger partial charge in [-0.05, 0) is 19.8 Å². The van der Waals surface area contributed by atoms with Gasteiger partial charge in [0.25, 0.3) is 0 Å². The van der Waals surface area contributed by atoms with Crippen LogP contribution >= 0.6 is 8.69 Å². The van der Waals surface area contributed by atoms with Gasteiger partial charge in [0, 0.05) is 0 Å². The predicted molar refractivity (Wildman–Crippen MR) is 37.1 cm³/mol. The van der Waals surface area contributed by atoms with E-state index in [1.54, 1.807) is 0 Å². The molecule has 1 saturated heterocycles. The van der Waals surface area contributed by atoms with Crippen LogP contribution in [0.5, 0.6) is 0 Å². The van der Waals surface area contributed by atoms with Gasteiger partial charge in [-0.3, -0.25) is 4.52 Å². The summed E-state index contributed by atoms with van der Waals surface area (Å²) >= 11 is 0. The first-order valence-corrected chi connectivity index (χ1v) is 4.16. The first-order chi connectivity index (χ1) is 4.83. The molecule has 2 atom stereocenters. The summed E-state index contributed by atoms with van der Waals surface area (Å²) < 4.78 is 19.9. The quantitative estimate of drug-likeness (QED) is 0.593. The summed E-state index contributed by atoms with van der Waals surface area (Å²) in [6.07, 6.45) is 2.62. The van der Waals surface area contributed by atoms with E-state index in [1.807, 2.05) is 6.92 Å². The van der Waals surface area contributed by atoms with E-state index >= 15 is 0 Å². The highest BCUT2D eigenvalue weighted by Crippen LogP contribution is 2.19. The van der Waals surface area contributed by atoms with Gasteiger partial charge in [0.15, 0.2) is 0 Å². The maximum Gasteiger partial charge on any atom is 0.327 e. The van der Waals surface area contributed by atoms with E-state index in [-0.39, 0.29) is 14.8 Å². The number of ether oxygens (including phenoxy) is 1. The van der Waals surface area contributed by atoms with Crippen molar-refractivity contribution in [2.45, 2.75) is 32.0 Å². The summed E-state index contributed by atoms with van der Waals surface area (Å²) in [5, 5.41) is 0. The highest BCUT2D eigenvalue weighted by molar-refractivity contribution is 7.17. The Morgan fingerprint density at radius 1 is 1.70 bits per heavy atom. The van der Waals surface area contributed by atoms with Crippen molar-refractivity contribution < 1.29 is 13.8 Å². The van der Waals surface area contributed by atoms with Crippen LogP contribution < -0.4 is 0 Å². The molecule has 1 fully saturated rings. The highest BCUT2D eigenvalue weighted by Gasteiger charge is 2.21. The molecule has 58 valence electrons. The molecule has 0 spiro atoms. The third-order valence-corrected chi connectivity index (χ3v) is 1.89. The summed E-state index contributed by atoms with van der Waals surface area (Å²) in [5.74, 6) is 0. The fourth-order valence-electron chi connectivity index (χ4n) is 1.12. The third kappa shape index (κ3) is 2.33. The SMILES string of the molecule is C[C@@H]1CC[C@H](COP=O)O1. The lowest BCUT2D eigenvalue weighted by Crippen LogP contribution is -2.12. The minimum absolute atomic E-state index is 0.163. The zero-order chi connectivity index (χ0) is 7.40. The molecule has 0 unspecified atom stereocenters. The van der Waals surface area contributed by atoms with Gasteiger partial charge in [-0.2, -0.15) is 0 Å². The van der Waals surface area contributed by atoms with Crippen molar-refractivity contribution in [3.05, 3.63) is 0 Å². The van der Waals surface area contributed by atoms with Crippen molar-refractivity contribution in [3.8, 4) is 0 Å². The molecule has 1 aliphatic heterocycles. The Bertz CT molecular complexity index is 118. The maximum absolute atomic E-state index is 9.86. The Morgan fingerprint density at radius 2 is 2.50 bits per heavy atom. The predicted octanol–water partition coefficient (Wildman–Crippen LogP) is 1.78. The maximum atomic E-state index is 9.86. The Morgan fingerprint density at radius 3 is 3.00 bits per heavy atom. The zero-order valence-electron chi connectivity index (χ0n) is 5.95. The van der Waals surface area contributed by atoms with Crippen LogP contribution in [0.1, 0.15) is 19.8 Å². The van der Waals surface area contributed by atoms with Gasteiger partial charge in [-0.15, -0.1) is 0 Å². The Kier molecular flexibility index (Phi) is 3.26. The topological polar surface area (TPSA) is 35.5 Å². The van der Waals surface area contributed by atoms with E-state index in [1.165, 1.54) is 0 Å². The van der Waals surface area contributed by atoms with Gasteiger partial charge >= 0.3 is 8.69 Å². The molecule has 3 nitrogen and oxygen atoms in total. The molecule has 0 aromatic heterocycles. The van der Waals surface area contributed by atoms with Gasteiger partial charge in [-0.25, -0.2) is 4.57 Å². The van der Waals surface area contributed by atoms with Crippen LogP contribution in [0.25, 0.3) is 0 Å². The normalized spacial score (nSPS) is 33.3. The van der Waals surface area contributed by atoms with Crippen LogP contribution in [0.2, 0.25) is 0 Å². The molecule has 0 aromatic carbocycles. The molecule has 0 aliphatic carbocycles. The van der Waals surface area contributed by atoms with Crippen molar-refractivity contribution in [2.75, 3.05) is 6.61 Å². The lowest BCUT2D eigenvalue weighted by molar-refractivity contribution is 0.0293. The van der Waals surface area contributed by atoms with Crippen LogP contribution in [-0.2, 0) is 13.8 Å². The fourth-order valence-corrected chi connectivity index (χ4v) is 1.35. The van der Waals surface area contributed by atoms with E-state index in [9.17, 15) is 4.57 Å². The average molecular weight is 162 g/mol. The average Bonchev–Trinajstić information content (AvgIpc) is 2.31. The highest BCUT2D eigenvalue weighted by atomic mass is 31.1. The molecule has 0 radical (unpaired) electrons. The minimum Gasteiger partial charge on any atom is -0.373 e. The Labute approximate surface area is 62.0 Å². The molecule has 0 N–H and O–H groups in total. The summed E-state index contributed by atoms with van der Waals surface area (Å²) in [7, 11) is -0.247. The standard InChI is InChI=1S/C6H11O3P/c1-5-2-3-6(9-5)4-8-10-7/h5-6H,2-4H2,1H3/t5-,6-/m1/s1. The minimum atomic E-state index is -0.247. The molecule has 0 saturated carbocycles. The summed E-state index contributed by atoms with van der Waals surface area (Å²) in [6.45, 7) is 2.49. The largest absolute Gasteiger partial charge is 0.373 e. The summed E-state index contributed by atoms with van der Waals surface area (Å²) in [4.78, 5) is 0. The molecule has 0 aromatic rings. The first kappa shape index (κ1) is 8.12.